The second kappa shape index (κ2) is 5.58. The van der Waals surface area contributed by atoms with E-state index in [2.05, 4.69) is 5.32 Å². The van der Waals surface area contributed by atoms with E-state index in [1.54, 1.807) is 0 Å². The van der Waals surface area contributed by atoms with Crippen LogP contribution in [-0.2, 0) is 0 Å². The molecule has 0 bridgehead atoms. The Balaban J connectivity index is 2.17. The SMILES string of the molecule is NC1CCCC(NCC(O)C(F)F)C1. The monoisotopic (exact) mass is 208 g/mol. The zero-order valence-electron chi connectivity index (χ0n) is 8.13. The van der Waals surface area contributed by atoms with Crippen LogP contribution in [0.3, 0.4) is 0 Å². The molecule has 5 heteroatoms. The number of aliphatic hydroxyl groups is 1. The van der Waals surface area contributed by atoms with Crippen molar-refractivity contribution in [3.8, 4) is 0 Å². The van der Waals surface area contributed by atoms with E-state index < -0.39 is 12.5 Å². The lowest BCUT2D eigenvalue weighted by Gasteiger charge is -2.28. The maximum Gasteiger partial charge on any atom is 0.265 e. The first-order valence-corrected chi connectivity index (χ1v) is 5.04. The van der Waals surface area contributed by atoms with E-state index in [1.807, 2.05) is 0 Å². The summed E-state index contributed by atoms with van der Waals surface area (Å²) in [4.78, 5) is 0. The maximum atomic E-state index is 11.9. The van der Waals surface area contributed by atoms with Gasteiger partial charge in [-0.3, -0.25) is 0 Å². The van der Waals surface area contributed by atoms with Crippen LogP contribution in [0, 0.1) is 0 Å². The van der Waals surface area contributed by atoms with Crippen LogP contribution in [0.1, 0.15) is 25.7 Å². The molecule has 0 heterocycles. The molecule has 0 aromatic rings. The molecule has 1 aliphatic rings. The average Bonchev–Trinajstić information content (AvgIpc) is 2.14. The van der Waals surface area contributed by atoms with E-state index in [4.69, 9.17) is 10.8 Å². The van der Waals surface area contributed by atoms with Crippen LogP contribution in [0.5, 0.6) is 0 Å². The molecule has 14 heavy (non-hydrogen) atoms. The Morgan fingerprint density at radius 2 is 2.14 bits per heavy atom. The molecule has 1 saturated carbocycles. The maximum absolute atomic E-state index is 11.9. The standard InChI is InChI=1S/C9H18F2N2O/c10-9(11)8(14)5-13-7-3-1-2-6(12)4-7/h6-9,13-14H,1-5,12H2. The minimum Gasteiger partial charge on any atom is -0.386 e. The van der Waals surface area contributed by atoms with Crippen molar-refractivity contribution in [1.29, 1.82) is 0 Å². The van der Waals surface area contributed by atoms with Crippen molar-refractivity contribution in [3.63, 3.8) is 0 Å². The summed E-state index contributed by atoms with van der Waals surface area (Å²) < 4.78 is 23.9. The van der Waals surface area contributed by atoms with Crippen LogP contribution in [0.25, 0.3) is 0 Å². The van der Waals surface area contributed by atoms with Crippen molar-refractivity contribution in [3.05, 3.63) is 0 Å². The van der Waals surface area contributed by atoms with Gasteiger partial charge in [-0.25, -0.2) is 8.78 Å². The third kappa shape index (κ3) is 3.86. The topological polar surface area (TPSA) is 58.3 Å². The number of nitrogens with one attached hydrogen (secondary N) is 1. The molecule has 0 amide bonds. The smallest absolute Gasteiger partial charge is 0.265 e. The lowest BCUT2D eigenvalue weighted by molar-refractivity contribution is -0.00527. The first-order chi connectivity index (χ1) is 6.59. The van der Waals surface area contributed by atoms with Gasteiger partial charge in [0.05, 0.1) is 0 Å². The number of halogens is 2. The van der Waals surface area contributed by atoms with Gasteiger partial charge in [0.15, 0.2) is 0 Å². The predicted octanol–water partition coefficient (Wildman–Crippen LogP) is 0.472. The van der Waals surface area contributed by atoms with Crippen LogP contribution < -0.4 is 11.1 Å². The van der Waals surface area contributed by atoms with Crippen molar-refractivity contribution in [2.75, 3.05) is 6.54 Å². The number of alkyl halides is 2. The normalized spacial score (nSPS) is 30.6. The van der Waals surface area contributed by atoms with E-state index >= 15 is 0 Å². The van der Waals surface area contributed by atoms with Gasteiger partial charge in [0.2, 0.25) is 0 Å². The van der Waals surface area contributed by atoms with E-state index in [0.717, 1.165) is 25.7 Å². The first kappa shape index (κ1) is 11.8. The fraction of sp³-hybridized carbons (Fsp3) is 1.00. The van der Waals surface area contributed by atoms with Crippen LogP contribution in [0.15, 0.2) is 0 Å². The molecule has 0 radical (unpaired) electrons. The quantitative estimate of drug-likeness (QED) is 0.629. The number of rotatable bonds is 4. The average molecular weight is 208 g/mol. The molecule has 3 atom stereocenters. The summed E-state index contributed by atoms with van der Waals surface area (Å²) in [5.74, 6) is 0. The van der Waals surface area contributed by atoms with Gasteiger partial charge in [0.1, 0.15) is 6.10 Å². The van der Waals surface area contributed by atoms with E-state index in [9.17, 15) is 8.78 Å². The van der Waals surface area contributed by atoms with Gasteiger partial charge in [0.25, 0.3) is 6.43 Å². The van der Waals surface area contributed by atoms with Gasteiger partial charge < -0.3 is 16.2 Å². The zero-order chi connectivity index (χ0) is 10.6. The Hall–Kier alpha value is -0.260. The molecule has 84 valence electrons. The highest BCUT2D eigenvalue weighted by Gasteiger charge is 2.22. The number of hydrogen-bond acceptors (Lipinski definition) is 3. The third-order valence-electron chi connectivity index (χ3n) is 2.62. The molecule has 0 spiro atoms. The largest absolute Gasteiger partial charge is 0.386 e. The third-order valence-corrected chi connectivity index (χ3v) is 2.62. The summed E-state index contributed by atoms with van der Waals surface area (Å²) in [6, 6.07) is 0.358. The van der Waals surface area contributed by atoms with Gasteiger partial charge in [-0.15, -0.1) is 0 Å². The summed E-state index contributed by atoms with van der Waals surface area (Å²) in [5.41, 5.74) is 5.74. The summed E-state index contributed by atoms with van der Waals surface area (Å²) >= 11 is 0. The Bertz CT molecular complexity index is 169. The Labute approximate surface area is 82.7 Å². The highest BCUT2D eigenvalue weighted by molar-refractivity contribution is 4.80. The zero-order valence-corrected chi connectivity index (χ0v) is 8.13. The van der Waals surface area contributed by atoms with Crippen molar-refractivity contribution in [2.45, 2.75) is 50.3 Å². The molecular weight excluding hydrogens is 190 g/mol. The predicted molar refractivity (Wildman–Crippen MR) is 50.2 cm³/mol. The van der Waals surface area contributed by atoms with Gasteiger partial charge in [0, 0.05) is 18.6 Å². The fourth-order valence-corrected chi connectivity index (χ4v) is 1.79. The highest BCUT2D eigenvalue weighted by Crippen LogP contribution is 2.16. The lowest BCUT2D eigenvalue weighted by Crippen LogP contribution is -2.43. The number of hydrogen-bond donors (Lipinski definition) is 3. The molecular formula is C9H18F2N2O. The Morgan fingerprint density at radius 1 is 1.43 bits per heavy atom. The summed E-state index contributed by atoms with van der Waals surface area (Å²) in [6.45, 7) is -0.0466. The van der Waals surface area contributed by atoms with Crippen molar-refractivity contribution < 1.29 is 13.9 Å². The molecule has 0 aromatic carbocycles. The summed E-state index contributed by atoms with van der Waals surface area (Å²) in [6.07, 6.45) is -0.411. The van der Waals surface area contributed by atoms with E-state index in [-0.39, 0.29) is 18.6 Å². The first-order valence-electron chi connectivity index (χ1n) is 5.04. The molecule has 0 saturated heterocycles. The fourth-order valence-electron chi connectivity index (χ4n) is 1.79. The van der Waals surface area contributed by atoms with Gasteiger partial charge in [-0.1, -0.05) is 6.42 Å². The van der Waals surface area contributed by atoms with Crippen LogP contribution in [-0.4, -0.2) is 36.3 Å². The summed E-state index contributed by atoms with van der Waals surface area (Å²) in [5, 5.41) is 11.8. The van der Waals surface area contributed by atoms with E-state index in [0.29, 0.717) is 0 Å². The molecule has 1 aliphatic carbocycles. The minimum absolute atomic E-state index is 0.0466. The second-order valence-electron chi connectivity index (χ2n) is 3.93. The van der Waals surface area contributed by atoms with E-state index in [1.165, 1.54) is 0 Å². The van der Waals surface area contributed by atoms with Crippen LogP contribution >= 0.6 is 0 Å². The highest BCUT2D eigenvalue weighted by atomic mass is 19.3. The lowest BCUT2D eigenvalue weighted by atomic mass is 9.91. The minimum atomic E-state index is -2.67. The molecule has 3 nitrogen and oxygen atoms in total. The molecule has 4 N–H and O–H groups in total. The van der Waals surface area contributed by atoms with Gasteiger partial charge in [-0.05, 0) is 19.3 Å². The number of nitrogens with two attached hydrogens (primary N) is 1. The molecule has 3 unspecified atom stereocenters. The molecule has 0 aliphatic heterocycles. The van der Waals surface area contributed by atoms with Gasteiger partial charge in [-0.2, -0.15) is 0 Å². The van der Waals surface area contributed by atoms with Crippen molar-refractivity contribution in [2.24, 2.45) is 5.73 Å². The Kier molecular flexibility index (Phi) is 4.71. The molecule has 0 aromatic heterocycles. The number of aliphatic hydroxyl groups excluding tert-OH is 1. The molecule has 1 fully saturated rings. The molecule has 1 rings (SSSR count). The van der Waals surface area contributed by atoms with Gasteiger partial charge >= 0.3 is 0 Å². The summed E-state index contributed by atoms with van der Waals surface area (Å²) in [7, 11) is 0. The van der Waals surface area contributed by atoms with Crippen molar-refractivity contribution in [1.82, 2.24) is 5.32 Å². The van der Waals surface area contributed by atoms with Crippen LogP contribution in [0.4, 0.5) is 8.78 Å². The van der Waals surface area contributed by atoms with Crippen molar-refractivity contribution >= 4 is 0 Å². The Morgan fingerprint density at radius 3 is 2.71 bits per heavy atom. The second-order valence-corrected chi connectivity index (χ2v) is 3.93. The van der Waals surface area contributed by atoms with Crippen LogP contribution in [0.2, 0.25) is 0 Å².